The molecule has 0 saturated carbocycles. The number of carbonyl (C=O) groups is 1. The van der Waals surface area contributed by atoms with E-state index in [4.69, 9.17) is 21.1 Å². The molecule has 0 saturated heterocycles. The number of nitrogens with one attached hydrogen (secondary N) is 1. The number of ketones is 1. The molecule has 0 aliphatic heterocycles. The Hall–Kier alpha value is -2.39. The number of methoxy groups -OCH3 is 2. The summed E-state index contributed by atoms with van der Waals surface area (Å²) in [5, 5.41) is 0. The van der Waals surface area contributed by atoms with E-state index in [1.165, 1.54) is 26.4 Å². The summed E-state index contributed by atoms with van der Waals surface area (Å²) < 4.78 is 64.8. The van der Waals surface area contributed by atoms with Crippen molar-refractivity contribution in [1.82, 2.24) is 0 Å². The van der Waals surface area contributed by atoms with E-state index in [1.54, 1.807) is 0 Å². The van der Waals surface area contributed by atoms with Gasteiger partial charge in [-0.25, -0.2) is 17.2 Å². The minimum absolute atomic E-state index is 0.0604. The van der Waals surface area contributed by atoms with Gasteiger partial charge < -0.3 is 9.47 Å². The van der Waals surface area contributed by atoms with Crippen molar-refractivity contribution in [3.63, 3.8) is 0 Å². The molecule has 0 aromatic heterocycles. The van der Waals surface area contributed by atoms with Crippen molar-refractivity contribution >= 4 is 33.1 Å². The molecular weight excluding hydrogens is 428 g/mol. The number of hydrogen-bond acceptors (Lipinski definition) is 5. The van der Waals surface area contributed by atoms with Gasteiger partial charge in [-0.2, -0.15) is 0 Å². The molecule has 2 aromatic rings. The van der Waals surface area contributed by atoms with Crippen LogP contribution in [-0.2, 0) is 10.0 Å². The molecule has 0 aliphatic carbocycles. The van der Waals surface area contributed by atoms with Crippen molar-refractivity contribution in [3.05, 3.63) is 47.5 Å². The fourth-order valence-corrected chi connectivity index (χ4v) is 3.92. The number of carbonyl (C=O) groups excluding carboxylic acids is 1. The van der Waals surface area contributed by atoms with E-state index >= 15 is 0 Å². The van der Waals surface area contributed by atoms with E-state index in [9.17, 15) is 22.0 Å². The van der Waals surface area contributed by atoms with E-state index < -0.39 is 26.6 Å². The summed E-state index contributed by atoms with van der Waals surface area (Å²) in [6.45, 7) is 0. The number of alkyl halides is 1. The third-order valence-corrected chi connectivity index (χ3v) is 5.70. The van der Waals surface area contributed by atoms with Crippen molar-refractivity contribution < 1.29 is 31.5 Å². The first-order chi connectivity index (χ1) is 13.7. The fraction of sp³-hybridized carbons (Fsp3) is 0.316. The first kappa shape index (κ1) is 22.9. The highest BCUT2D eigenvalue weighted by Crippen LogP contribution is 2.35. The summed E-state index contributed by atoms with van der Waals surface area (Å²) in [4.78, 5) is 11.8. The highest BCUT2D eigenvalue weighted by molar-refractivity contribution is 7.92. The topological polar surface area (TPSA) is 81.7 Å². The van der Waals surface area contributed by atoms with Gasteiger partial charge in [0.05, 0.1) is 25.5 Å². The zero-order valence-corrected chi connectivity index (χ0v) is 17.4. The largest absolute Gasteiger partial charge is 0.496 e. The molecule has 2 rings (SSSR count). The Bertz CT molecular complexity index is 998. The number of Topliss-reactive ketones (excluding diaryl/α,β-unsaturated/α-hetero) is 1. The smallest absolute Gasteiger partial charge is 0.264 e. The van der Waals surface area contributed by atoms with Crippen LogP contribution < -0.4 is 14.2 Å². The average Bonchev–Trinajstić information content (AvgIpc) is 2.67. The lowest BCUT2D eigenvalue weighted by molar-refractivity contribution is 0.0977. The maximum Gasteiger partial charge on any atom is 0.264 e. The van der Waals surface area contributed by atoms with Crippen molar-refractivity contribution in [2.24, 2.45) is 0 Å². The Labute approximate surface area is 172 Å². The van der Waals surface area contributed by atoms with E-state index in [2.05, 4.69) is 4.72 Å². The van der Waals surface area contributed by atoms with Crippen LogP contribution in [-0.4, -0.2) is 34.3 Å². The number of anilines is 1. The number of halogens is 3. The molecule has 0 bridgehead atoms. The Morgan fingerprint density at radius 1 is 1.07 bits per heavy atom. The lowest BCUT2D eigenvalue weighted by Gasteiger charge is -2.16. The Morgan fingerprint density at radius 3 is 2.34 bits per heavy atom. The molecule has 0 fully saturated rings. The van der Waals surface area contributed by atoms with Gasteiger partial charge in [0.25, 0.3) is 10.0 Å². The van der Waals surface area contributed by atoms with Crippen LogP contribution in [0.2, 0.25) is 0 Å². The van der Waals surface area contributed by atoms with Gasteiger partial charge in [0.2, 0.25) is 0 Å². The van der Waals surface area contributed by atoms with Crippen LogP contribution in [0.1, 0.15) is 29.6 Å². The molecule has 0 radical (unpaired) electrons. The standard InChI is InChI=1S/C19H20ClF2NO5S/c1-27-17-11-18(28-2)15(10-13(17)16(24)5-3-4-8-20)23-29(25,26)19-7-6-12(21)9-14(19)22/h6-7,9-11,23H,3-5,8H2,1-2H3. The third kappa shape index (κ3) is 5.57. The Morgan fingerprint density at radius 2 is 1.76 bits per heavy atom. The molecular formula is C19H20ClF2NO5S. The van der Waals surface area contributed by atoms with Gasteiger partial charge >= 0.3 is 0 Å². The molecule has 0 amide bonds. The van der Waals surface area contributed by atoms with Crippen LogP contribution in [0.25, 0.3) is 0 Å². The van der Waals surface area contributed by atoms with Gasteiger partial charge in [-0.15, -0.1) is 11.6 Å². The summed E-state index contributed by atoms with van der Waals surface area (Å²) in [5.41, 5.74) is 0.0536. The highest BCUT2D eigenvalue weighted by Gasteiger charge is 2.24. The van der Waals surface area contributed by atoms with E-state index in [-0.39, 0.29) is 35.0 Å². The average molecular weight is 448 g/mol. The van der Waals surface area contributed by atoms with Crippen molar-refractivity contribution in [1.29, 1.82) is 0 Å². The maximum atomic E-state index is 14.0. The zero-order valence-electron chi connectivity index (χ0n) is 15.8. The first-order valence-electron chi connectivity index (χ1n) is 8.56. The second kappa shape index (κ2) is 9.89. The molecule has 0 unspecified atom stereocenters. The number of hydrogen-bond donors (Lipinski definition) is 1. The zero-order chi connectivity index (χ0) is 21.6. The highest BCUT2D eigenvalue weighted by atomic mass is 35.5. The first-order valence-corrected chi connectivity index (χ1v) is 10.6. The summed E-state index contributed by atoms with van der Waals surface area (Å²) in [6.07, 6.45) is 1.39. The quantitative estimate of drug-likeness (QED) is 0.332. The number of ether oxygens (including phenoxy) is 2. The Kier molecular flexibility index (Phi) is 7.80. The van der Waals surface area contributed by atoms with Crippen molar-refractivity contribution in [2.75, 3.05) is 24.8 Å². The van der Waals surface area contributed by atoms with Crippen LogP contribution in [0.3, 0.4) is 0 Å². The van der Waals surface area contributed by atoms with Crippen LogP contribution >= 0.6 is 11.6 Å². The van der Waals surface area contributed by atoms with Gasteiger partial charge in [-0.05, 0) is 31.0 Å². The minimum atomic E-state index is -4.42. The molecule has 0 atom stereocenters. The summed E-state index contributed by atoms with van der Waals surface area (Å²) in [6, 6.07) is 4.72. The van der Waals surface area contributed by atoms with Gasteiger partial charge in [-0.3, -0.25) is 9.52 Å². The fourth-order valence-electron chi connectivity index (χ4n) is 2.60. The molecule has 0 spiro atoms. The third-order valence-electron chi connectivity index (χ3n) is 4.04. The SMILES string of the molecule is COc1cc(OC)c(C(=O)CCCCCl)cc1NS(=O)(=O)c1ccc(F)cc1F. The van der Waals surface area contributed by atoms with Gasteiger partial charge in [0.15, 0.2) is 5.78 Å². The molecule has 29 heavy (non-hydrogen) atoms. The predicted octanol–water partition coefficient (Wildman–Crippen LogP) is 4.37. The van der Waals surface area contributed by atoms with Gasteiger partial charge in [0.1, 0.15) is 28.0 Å². The molecule has 2 aromatic carbocycles. The lowest BCUT2D eigenvalue weighted by Crippen LogP contribution is -2.16. The maximum absolute atomic E-state index is 14.0. The van der Waals surface area contributed by atoms with Gasteiger partial charge in [-0.1, -0.05) is 0 Å². The monoisotopic (exact) mass is 447 g/mol. The second-order valence-electron chi connectivity index (χ2n) is 6.00. The molecule has 10 heteroatoms. The number of unbranched alkanes of at least 4 members (excludes halogenated alkanes) is 1. The number of rotatable bonds is 10. The molecule has 158 valence electrons. The molecule has 1 N–H and O–H groups in total. The lowest BCUT2D eigenvalue weighted by atomic mass is 10.0. The van der Waals surface area contributed by atoms with Crippen LogP contribution in [0.15, 0.2) is 35.2 Å². The van der Waals surface area contributed by atoms with Gasteiger partial charge in [0, 0.05) is 24.4 Å². The van der Waals surface area contributed by atoms with E-state index in [0.717, 1.165) is 12.1 Å². The molecule has 0 heterocycles. The summed E-state index contributed by atoms with van der Waals surface area (Å²) in [7, 11) is -1.76. The normalized spacial score (nSPS) is 11.2. The summed E-state index contributed by atoms with van der Waals surface area (Å²) >= 11 is 5.62. The number of sulfonamides is 1. The van der Waals surface area contributed by atoms with Crippen LogP contribution in [0.4, 0.5) is 14.5 Å². The number of benzene rings is 2. The second-order valence-corrected chi connectivity index (χ2v) is 8.03. The minimum Gasteiger partial charge on any atom is -0.496 e. The predicted molar refractivity (Wildman–Crippen MR) is 106 cm³/mol. The van der Waals surface area contributed by atoms with Crippen molar-refractivity contribution in [3.8, 4) is 11.5 Å². The Balaban J connectivity index is 2.45. The van der Waals surface area contributed by atoms with E-state index in [1.807, 2.05) is 0 Å². The molecule has 6 nitrogen and oxygen atoms in total. The van der Waals surface area contributed by atoms with Crippen molar-refractivity contribution in [2.45, 2.75) is 24.2 Å². The summed E-state index contributed by atoms with van der Waals surface area (Å²) in [5.74, 6) is -1.75. The van der Waals surface area contributed by atoms with Crippen LogP contribution in [0.5, 0.6) is 11.5 Å². The van der Waals surface area contributed by atoms with Crippen LogP contribution in [0, 0.1) is 11.6 Å². The molecule has 0 aliphatic rings. The van der Waals surface area contributed by atoms with E-state index in [0.29, 0.717) is 24.8 Å².